The molecule has 0 aliphatic carbocycles. The summed E-state index contributed by atoms with van der Waals surface area (Å²) in [5.41, 5.74) is 1.44. The number of pyridine rings is 1. The summed E-state index contributed by atoms with van der Waals surface area (Å²) in [5.74, 6) is 0.977. The first-order valence-corrected chi connectivity index (χ1v) is 11.1. The molecule has 3 aromatic rings. The third-order valence-electron chi connectivity index (χ3n) is 4.88. The Kier molecular flexibility index (Phi) is 5.85. The summed E-state index contributed by atoms with van der Waals surface area (Å²) >= 11 is 6.01. The molecular formula is C20H20ClN5O3S. The van der Waals surface area contributed by atoms with Crippen LogP contribution in [0.1, 0.15) is 0 Å². The maximum atomic E-state index is 13.1. The molecule has 0 atom stereocenters. The van der Waals surface area contributed by atoms with E-state index in [0.29, 0.717) is 42.7 Å². The molecule has 0 radical (unpaired) electrons. The topological polar surface area (TPSA) is 88.5 Å². The predicted octanol–water partition coefficient (Wildman–Crippen LogP) is 2.71. The first-order chi connectivity index (χ1) is 14.5. The van der Waals surface area contributed by atoms with E-state index in [1.807, 2.05) is 35.2 Å². The summed E-state index contributed by atoms with van der Waals surface area (Å²) < 4.78 is 32.9. The zero-order valence-electron chi connectivity index (χ0n) is 16.3. The third-order valence-corrected chi connectivity index (χ3v) is 7.04. The van der Waals surface area contributed by atoms with Crippen molar-refractivity contribution in [3.8, 4) is 17.1 Å². The molecule has 0 bridgehead atoms. The number of aromatic nitrogens is 3. The lowest BCUT2D eigenvalue weighted by atomic mass is 10.2. The SMILES string of the molecule is COc1ccc(Cl)cc1S(=O)(=O)N1CCN(c2ccc(-c3ccccn3)nn2)CC1. The smallest absolute Gasteiger partial charge is 0.246 e. The Labute approximate surface area is 180 Å². The van der Waals surface area contributed by atoms with Gasteiger partial charge in [-0.2, -0.15) is 4.31 Å². The second-order valence-electron chi connectivity index (χ2n) is 6.68. The standard InChI is InChI=1S/C20H20ClN5O3S/c1-29-18-7-5-15(21)14-19(18)30(27,28)26-12-10-25(11-13-26)20-8-6-17(23-24-20)16-4-2-3-9-22-16/h2-9,14H,10-13H2,1H3. The van der Waals surface area contributed by atoms with Crippen molar-refractivity contribution in [2.45, 2.75) is 4.90 Å². The number of hydrogen-bond acceptors (Lipinski definition) is 7. The van der Waals surface area contributed by atoms with Gasteiger partial charge >= 0.3 is 0 Å². The summed E-state index contributed by atoms with van der Waals surface area (Å²) in [7, 11) is -2.28. The normalized spacial score (nSPS) is 15.2. The first-order valence-electron chi connectivity index (χ1n) is 9.33. The summed E-state index contributed by atoms with van der Waals surface area (Å²) in [6.45, 7) is 1.64. The van der Waals surface area contributed by atoms with Gasteiger partial charge in [-0.1, -0.05) is 17.7 Å². The monoisotopic (exact) mass is 445 g/mol. The molecule has 0 N–H and O–H groups in total. The number of rotatable bonds is 5. The number of sulfonamides is 1. The lowest BCUT2D eigenvalue weighted by Gasteiger charge is -2.34. The summed E-state index contributed by atoms with van der Waals surface area (Å²) in [5, 5.41) is 8.89. The summed E-state index contributed by atoms with van der Waals surface area (Å²) in [4.78, 5) is 6.35. The van der Waals surface area contributed by atoms with E-state index in [4.69, 9.17) is 16.3 Å². The molecular weight excluding hydrogens is 426 g/mol. The lowest BCUT2D eigenvalue weighted by Crippen LogP contribution is -2.49. The van der Waals surface area contributed by atoms with Crippen molar-refractivity contribution < 1.29 is 13.2 Å². The van der Waals surface area contributed by atoms with E-state index < -0.39 is 10.0 Å². The van der Waals surface area contributed by atoms with Crippen molar-refractivity contribution in [1.29, 1.82) is 0 Å². The fourth-order valence-electron chi connectivity index (χ4n) is 3.29. The van der Waals surface area contributed by atoms with E-state index in [9.17, 15) is 8.42 Å². The van der Waals surface area contributed by atoms with Crippen LogP contribution in [0.15, 0.2) is 59.6 Å². The molecule has 2 aromatic heterocycles. The van der Waals surface area contributed by atoms with Gasteiger partial charge in [0.15, 0.2) is 5.82 Å². The van der Waals surface area contributed by atoms with Crippen LogP contribution in [0.5, 0.6) is 5.75 Å². The van der Waals surface area contributed by atoms with Gasteiger partial charge in [-0.05, 0) is 42.5 Å². The maximum Gasteiger partial charge on any atom is 0.246 e. The molecule has 1 aliphatic heterocycles. The van der Waals surface area contributed by atoms with Crippen LogP contribution < -0.4 is 9.64 Å². The van der Waals surface area contributed by atoms with E-state index >= 15 is 0 Å². The Bertz CT molecular complexity index is 1120. The molecule has 0 unspecified atom stereocenters. The molecule has 3 heterocycles. The number of methoxy groups -OCH3 is 1. The molecule has 1 fully saturated rings. The second-order valence-corrected chi connectivity index (χ2v) is 9.02. The van der Waals surface area contributed by atoms with E-state index in [1.54, 1.807) is 18.3 Å². The third kappa shape index (κ3) is 4.09. The van der Waals surface area contributed by atoms with Crippen LogP contribution in [-0.4, -0.2) is 61.2 Å². The minimum atomic E-state index is -3.72. The largest absolute Gasteiger partial charge is 0.495 e. The van der Waals surface area contributed by atoms with Gasteiger partial charge in [0, 0.05) is 37.4 Å². The van der Waals surface area contributed by atoms with Crippen molar-refractivity contribution >= 4 is 27.4 Å². The zero-order chi connectivity index (χ0) is 21.1. The number of hydrogen-bond donors (Lipinski definition) is 0. The molecule has 10 heteroatoms. The van der Waals surface area contributed by atoms with Crippen molar-refractivity contribution in [3.63, 3.8) is 0 Å². The van der Waals surface area contributed by atoms with Crippen LogP contribution in [0.2, 0.25) is 5.02 Å². The van der Waals surface area contributed by atoms with Crippen LogP contribution in [0.25, 0.3) is 11.4 Å². The molecule has 1 saturated heterocycles. The summed E-state index contributed by atoms with van der Waals surface area (Å²) in [6.07, 6.45) is 1.71. The van der Waals surface area contributed by atoms with Crippen LogP contribution in [-0.2, 0) is 10.0 Å². The number of benzene rings is 1. The molecule has 156 valence electrons. The molecule has 0 saturated carbocycles. The highest BCUT2D eigenvalue weighted by Crippen LogP contribution is 2.30. The molecule has 30 heavy (non-hydrogen) atoms. The number of piperazine rings is 1. The van der Waals surface area contributed by atoms with E-state index in [0.717, 1.165) is 5.69 Å². The zero-order valence-corrected chi connectivity index (χ0v) is 17.8. The number of nitrogens with zero attached hydrogens (tertiary/aromatic N) is 5. The molecule has 4 rings (SSSR count). The van der Waals surface area contributed by atoms with Crippen molar-refractivity contribution in [2.75, 3.05) is 38.2 Å². The Morgan fingerprint density at radius 1 is 0.967 bits per heavy atom. The minimum Gasteiger partial charge on any atom is -0.495 e. The fraction of sp³-hybridized carbons (Fsp3) is 0.250. The van der Waals surface area contributed by atoms with Gasteiger partial charge in [0.1, 0.15) is 16.3 Å². The lowest BCUT2D eigenvalue weighted by molar-refractivity contribution is 0.373. The Morgan fingerprint density at radius 2 is 1.77 bits per heavy atom. The van der Waals surface area contributed by atoms with Crippen molar-refractivity contribution in [2.24, 2.45) is 0 Å². The van der Waals surface area contributed by atoms with Gasteiger partial charge in [-0.15, -0.1) is 10.2 Å². The Morgan fingerprint density at radius 3 is 2.40 bits per heavy atom. The first kappa shape index (κ1) is 20.5. The second kappa shape index (κ2) is 8.55. The quantitative estimate of drug-likeness (QED) is 0.596. The molecule has 1 aliphatic rings. The van der Waals surface area contributed by atoms with Gasteiger partial charge < -0.3 is 9.64 Å². The molecule has 0 spiro atoms. The maximum absolute atomic E-state index is 13.1. The van der Waals surface area contributed by atoms with Gasteiger partial charge in [0.05, 0.1) is 12.8 Å². The van der Waals surface area contributed by atoms with Gasteiger partial charge in [-0.3, -0.25) is 4.98 Å². The number of halogens is 1. The minimum absolute atomic E-state index is 0.0745. The van der Waals surface area contributed by atoms with Crippen LogP contribution in [0, 0.1) is 0 Å². The highest BCUT2D eigenvalue weighted by Gasteiger charge is 2.31. The average molecular weight is 446 g/mol. The Balaban J connectivity index is 1.47. The number of anilines is 1. The van der Waals surface area contributed by atoms with Crippen molar-refractivity contribution in [3.05, 3.63) is 59.8 Å². The van der Waals surface area contributed by atoms with Gasteiger partial charge in [0.25, 0.3) is 0 Å². The van der Waals surface area contributed by atoms with Crippen LogP contribution in [0.3, 0.4) is 0 Å². The highest BCUT2D eigenvalue weighted by atomic mass is 35.5. The Hall–Kier alpha value is -2.75. The molecule has 0 amide bonds. The summed E-state index contributed by atoms with van der Waals surface area (Å²) in [6, 6.07) is 13.9. The molecule has 8 nitrogen and oxygen atoms in total. The van der Waals surface area contributed by atoms with Gasteiger partial charge in [-0.25, -0.2) is 8.42 Å². The molecule has 1 aromatic carbocycles. The predicted molar refractivity (Wildman–Crippen MR) is 114 cm³/mol. The van der Waals surface area contributed by atoms with E-state index in [-0.39, 0.29) is 10.6 Å². The van der Waals surface area contributed by atoms with E-state index in [2.05, 4.69) is 15.2 Å². The van der Waals surface area contributed by atoms with Crippen LogP contribution in [0.4, 0.5) is 5.82 Å². The van der Waals surface area contributed by atoms with Gasteiger partial charge in [0.2, 0.25) is 10.0 Å². The van der Waals surface area contributed by atoms with Crippen LogP contribution >= 0.6 is 11.6 Å². The van der Waals surface area contributed by atoms with E-state index in [1.165, 1.54) is 17.5 Å². The fourth-order valence-corrected chi connectivity index (χ4v) is 5.13. The van der Waals surface area contributed by atoms with Crippen molar-refractivity contribution in [1.82, 2.24) is 19.5 Å². The number of ether oxygens (including phenoxy) is 1. The average Bonchev–Trinajstić information content (AvgIpc) is 2.80. The highest BCUT2D eigenvalue weighted by molar-refractivity contribution is 7.89.